The van der Waals surface area contributed by atoms with E-state index in [1.807, 2.05) is 0 Å². The Hall–Kier alpha value is -1.56. The summed E-state index contributed by atoms with van der Waals surface area (Å²) in [7, 11) is 0. The Balaban J connectivity index is 2.41. The topological polar surface area (TPSA) is 72.3 Å². The summed E-state index contributed by atoms with van der Waals surface area (Å²) in [6.07, 6.45) is 2.24. The van der Waals surface area contributed by atoms with Crippen molar-refractivity contribution in [2.24, 2.45) is 0 Å². The molecule has 1 aliphatic heterocycles. The monoisotopic (exact) mass is 212 g/mol. The summed E-state index contributed by atoms with van der Waals surface area (Å²) < 4.78 is 17.6. The number of aliphatic carboxylic acids is 1. The van der Waals surface area contributed by atoms with E-state index in [-0.39, 0.29) is 12.4 Å². The molecule has 2 rings (SSSR count). The van der Waals surface area contributed by atoms with Crippen LogP contribution < -0.4 is 0 Å². The molecule has 1 saturated heterocycles. The predicted octanol–water partition coefficient (Wildman–Crippen LogP) is 0.358. The van der Waals surface area contributed by atoms with Gasteiger partial charge < -0.3 is 9.84 Å². The van der Waals surface area contributed by atoms with Crippen LogP contribution in [-0.2, 0) is 14.9 Å². The van der Waals surface area contributed by atoms with Crippen molar-refractivity contribution in [2.45, 2.75) is 11.8 Å². The number of carboxylic acid groups (broad SMARTS) is 1. The summed E-state index contributed by atoms with van der Waals surface area (Å²) in [5, 5.41) is 9.13. The molecule has 1 unspecified atom stereocenters. The van der Waals surface area contributed by atoms with Crippen molar-refractivity contribution in [3.63, 3.8) is 0 Å². The van der Waals surface area contributed by atoms with Gasteiger partial charge in [0.05, 0.1) is 19.0 Å². The standard InChI is InChI=1S/C9H9FN2O3/c10-6-3-11-7(12-4-6)9(8(13)14)1-2-15-5-9/h3-4H,1-2,5H2,(H,13,14). The van der Waals surface area contributed by atoms with Crippen molar-refractivity contribution in [3.8, 4) is 0 Å². The zero-order valence-corrected chi connectivity index (χ0v) is 7.81. The molecule has 80 valence electrons. The van der Waals surface area contributed by atoms with E-state index >= 15 is 0 Å². The summed E-state index contributed by atoms with van der Waals surface area (Å²) in [6, 6.07) is 0. The molecule has 0 aliphatic carbocycles. The SMILES string of the molecule is O=C(O)C1(c2ncc(F)cn2)CCOC1. The number of ether oxygens (including phenoxy) is 1. The molecule has 5 nitrogen and oxygen atoms in total. The third-order valence-electron chi connectivity index (χ3n) is 2.48. The second-order valence-electron chi connectivity index (χ2n) is 3.41. The van der Waals surface area contributed by atoms with E-state index in [4.69, 9.17) is 9.84 Å². The van der Waals surface area contributed by atoms with Crippen LogP contribution in [0.5, 0.6) is 0 Å². The molecule has 0 spiro atoms. The maximum absolute atomic E-state index is 12.6. The normalized spacial score (nSPS) is 25.4. The van der Waals surface area contributed by atoms with Crippen LogP contribution in [0.2, 0.25) is 0 Å². The lowest BCUT2D eigenvalue weighted by Crippen LogP contribution is -2.38. The summed E-state index contributed by atoms with van der Waals surface area (Å²) in [5.74, 6) is -1.52. The van der Waals surface area contributed by atoms with Gasteiger partial charge in [-0.3, -0.25) is 4.79 Å². The van der Waals surface area contributed by atoms with Crippen LogP contribution in [0, 0.1) is 5.82 Å². The van der Waals surface area contributed by atoms with Gasteiger partial charge in [-0.05, 0) is 6.42 Å². The van der Waals surface area contributed by atoms with Gasteiger partial charge in [0.1, 0.15) is 5.82 Å². The molecule has 1 aliphatic rings. The fourth-order valence-corrected chi connectivity index (χ4v) is 1.57. The Morgan fingerprint density at radius 3 is 2.67 bits per heavy atom. The van der Waals surface area contributed by atoms with E-state index in [2.05, 4.69) is 9.97 Å². The number of carboxylic acids is 1. The van der Waals surface area contributed by atoms with Crippen LogP contribution in [0.25, 0.3) is 0 Å². The van der Waals surface area contributed by atoms with Crippen LogP contribution in [0.15, 0.2) is 12.4 Å². The quantitative estimate of drug-likeness (QED) is 0.766. The van der Waals surface area contributed by atoms with Crippen molar-refractivity contribution in [3.05, 3.63) is 24.0 Å². The van der Waals surface area contributed by atoms with Gasteiger partial charge in [-0.15, -0.1) is 0 Å². The smallest absolute Gasteiger partial charge is 0.319 e. The van der Waals surface area contributed by atoms with Crippen LogP contribution in [-0.4, -0.2) is 34.3 Å². The van der Waals surface area contributed by atoms with Gasteiger partial charge in [-0.1, -0.05) is 0 Å². The molecule has 1 fully saturated rings. The average molecular weight is 212 g/mol. The number of halogens is 1. The van der Waals surface area contributed by atoms with Crippen LogP contribution in [0.1, 0.15) is 12.2 Å². The molecule has 15 heavy (non-hydrogen) atoms. The lowest BCUT2D eigenvalue weighted by atomic mass is 9.86. The average Bonchev–Trinajstić information content (AvgIpc) is 2.69. The highest BCUT2D eigenvalue weighted by Gasteiger charge is 2.46. The number of hydrogen-bond acceptors (Lipinski definition) is 4. The van der Waals surface area contributed by atoms with Crippen LogP contribution in [0.4, 0.5) is 4.39 Å². The van der Waals surface area contributed by atoms with E-state index in [1.54, 1.807) is 0 Å². The minimum absolute atomic E-state index is 0.0357. The van der Waals surface area contributed by atoms with Gasteiger partial charge in [0.15, 0.2) is 11.2 Å². The summed E-state index contributed by atoms with van der Waals surface area (Å²) in [4.78, 5) is 18.6. The van der Waals surface area contributed by atoms with Crippen molar-refractivity contribution < 1.29 is 19.0 Å². The Morgan fingerprint density at radius 2 is 2.20 bits per heavy atom. The van der Waals surface area contributed by atoms with Gasteiger partial charge in [-0.2, -0.15) is 0 Å². The molecule has 0 radical (unpaired) electrons. The molecule has 1 aromatic heterocycles. The predicted molar refractivity (Wildman–Crippen MR) is 46.7 cm³/mol. The fraction of sp³-hybridized carbons (Fsp3) is 0.444. The van der Waals surface area contributed by atoms with E-state index in [0.29, 0.717) is 13.0 Å². The molecular weight excluding hydrogens is 203 g/mol. The molecular formula is C9H9FN2O3. The first-order valence-electron chi connectivity index (χ1n) is 4.44. The highest BCUT2D eigenvalue weighted by molar-refractivity contribution is 5.80. The Bertz CT molecular complexity index is 373. The van der Waals surface area contributed by atoms with Crippen LogP contribution in [0.3, 0.4) is 0 Å². The van der Waals surface area contributed by atoms with Gasteiger partial charge in [0.2, 0.25) is 0 Å². The maximum atomic E-state index is 12.6. The highest BCUT2D eigenvalue weighted by atomic mass is 19.1. The van der Waals surface area contributed by atoms with Gasteiger partial charge >= 0.3 is 5.97 Å². The second-order valence-corrected chi connectivity index (χ2v) is 3.41. The minimum atomic E-state index is -1.21. The first-order chi connectivity index (χ1) is 7.15. The maximum Gasteiger partial charge on any atom is 0.319 e. The minimum Gasteiger partial charge on any atom is -0.480 e. The molecule has 0 bridgehead atoms. The summed E-state index contributed by atoms with van der Waals surface area (Å²) >= 11 is 0. The zero-order chi connectivity index (χ0) is 10.9. The molecule has 1 atom stereocenters. The molecule has 1 aromatic rings. The molecule has 6 heteroatoms. The lowest BCUT2D eigenvalue weighted by Gasteiger charge is -2.19. The van der Waals surface area contributed by atoms with Gasteiger partial charge in [0.25, 0.3) is 0 Å². The molecule has 0 saturated carbocycles. The van der Waals surface area contributed by atoms with Crippen molar-refractivity contribution >= 4 is 5.97 Å². The summed E-state index contributed by atoms with van der Waals surface area (Å²) in [5.41, 5.74) is -1.21. The van der Waals surface area contributed by atoms with Gasteiger partial charge in [-0.25, -0.2) is 14.4 Å². The van der Waals surface area contributed by atoms with Crippen molar-refractivity contribution in [1.29, 1.82) is 0 Å². The number of nitrogens with zero attached hydrogens (tertiary/aromatic N) is 2. The fourth-order valence-electron chi connectivity index (χ4n) is 1.57. The third kappa shape index (κ3) is 1.56. The number of rotatable bonds is 2. The Morgan fingerprint density at radius 1 is 1.53 bits per heavy atom. The first kappa shape index (κ1) is 9.97. The van der Waals surface area contributed by atoms with E-state index in [0.717, 1.165) is 12.4 Å². The molecule has 2 heterocycles. The molecule has 0 aromatic carbocycles. The second kappa shape index (κ2) is 3.54. The van der Waals surface area contributed by atoms with Crippen molar-refractivity contribution in [2.75, 3.05) is 13.2 Å². The van der Waals surface area contributed by atoms with E-state index < -0.39 is 17.2 Å². The van der Waals surface area contributed by atoms with Crippen LogP contribution >= 0.6 is 0 Å². The number of hydrogen-bond donors (Lipinski definition) is 1. The number of carbonyl (C=O) groups is 1. The van der Waals surface area contributed by atoms with Crippen molar-refractivity contribution in [1.82, 2.24) is 9.97 Å². The Labute approximate surface area is 84.9 Å². The number of aromatic nitrogens is 2. The van der Waals surface area contributed by atoms with E-state index in [9.17, 15) is 9.18 Å². The summed E-state index contributed by atoms with van der Waals surface area (Å²) in [6.45, 7) is 0.390. The van der Waals surface area contributed by atoms with Gasteiger partial charge in [0, 0.05) is 6.61 Å². The first-order valence-corrected chi connectivity index (χ1v) is 4.44. The Kier molecular flexibility index (Phi) is 2.36. The van der Waals surface area contributed by atoms with E-state index in [1.165, 1.54) is 0 Å². The third-order valence-corrected chi connectivity index (χ3v) is 2.48. The largest absolute Gasteiger partial charge is 0.480 e. The lowest BCUT2D eigenvalue weighted by molar-refractivity contribution is -0.144. The highest BCUT2D eigenvalue weighted by Crippen LogP contribution is 2.30. The zero-order valence-electron chi connectivity index (χ0n) is 7.81. The molecule has 0 amide bonds. The molecule has 1 N–H and O–H groups in total.